The molecule has 2 rings (SSSR count). The molecular weight excluding hydrogens is 270 g/mol. The van der Waals surface area contributed by atoms with Crippen LogP contribution in [-0.4, -0.2) is 13.7 Å². The summed E-state index contributed by atoms with van der Waals surface area (Å²) < 4.78 is 5.12. The first kappa shape index (κ1) is 16.1. The van der Waals surface area contributed by atoms with Gasteiger partial charge in [-0.15, -0.1) is 0 Å². The molecule has 0 spiro atoms. The molecule has 0 bridgehead atoms. The molecule has 3 heteroatoms. The van der Waals surface area contributed by atoms with Gasteiger partial charge in [-0.3, -0.25) is 0 Å². The van der Waals surface area contributed by atoms with Crippen molar-refractivity contribution in [2.45, 2.75) is 6.54 Å². The van der Waals surface area contributed by atoms with E-state index in [1.165, 1.54) is 5.56 Å². The second-order valence-corrected chi connectivity index (χ2v) is 4.12. The van der Waals surface area contributed by atoms with Crippen molar-refractivity contribution in [2.24, 2.45) is 0 Å². The molecule has 2 aromatic carbocycles. The summed E-state index contributed by atoms with van der Waals surface area (Å²) in [5.74, 6) is 7.11. The van der Waals surface area contributed by atoms with Gasteiger partial charge in [0.1, 0.15) is 5.75 Å². The normalized spacial score (nSPS) is 9.05. The molecule has 0 aliphatic heterocycles. The summed E-state index contributed by atoms with van der Waals surface area (Å²) in [6.07, 6.45) is 0. The molecule has 0 amide bonds. The van der Waals surface area contributed by atoms with Crippen molar-refractivity contribution in [3.8, 4) is 17.6 Å². The van der Waals surface area contributed by atoms with Gasteiger partial charge in [0, 0.05) is 12.1 Å². The lowest BCUT2D eigenvalue weighted by Gasteiger charge is -2.03. The first-order chi connectivity index (χ1) is 9.38. The Hall–Kier alpha value is -1.95. The molecule has 0 saturated heterocycles. The van der Waals surface area contributed by atoms with Gasteiger partial charge in [0.25, 0.3) is 0 Å². The molecule has 0 aliphatic rings. The summed E-state index contributed by atoms with van der Waals surface area (Å²) in [5, 5.41) is 3.29. The number of nitrogens with one attached hydrogen (secondary N) is 1. The van der Waals surface area contributed by atoms with Gasteiger partial charge in [-0.05, 0) is 29.8 Å². The molecule has 0 heterocycles. The van der Waals surface area contributed by atoms with E-state index in [-0.39, 0.29) is 12.4 Å². The second-order valence-electron chi connectivity index (χ2n) is 4.12. The smallest absolute Gasteiger partial charge is 0.118 e. The van der Waals surface area contributed by atoms with Crippen molar-refractivity contribution in [3.63, 3.8) is 0 Å². The predicted molar refractivity (Wildman–Crippen MR) is 78.0 cm³/mol. The lowest BCUT2D eigenvalue weighted by atomic mass is 10.2. The largest absolute Gasteiger partial charge is 1.00 e. The Morgan fingerprint density at radius 2 is 1.70 bits per heavy atom. The maximum atomic E-state index is 5.12. The van der Waals surface area contributed by atoms with Crippen molar-refractivity contribution in [2.75, 3.05) is 13.7 Å². The Labute approximate surface area is 126 Å². The highest BCUT2D eigenvalue weighted by Gasteiger charge is 1.92. The van der Waals surface area contributed by atoms with Crippen molar-refractivity contribution in [1.29, 1.82) is 0 Å². The van der Waals surface area contributed by atoms with Crippen molar-refractivity contribution in [1.82, 2.24) is 5.32 Å². The third-order valence-corrected chi connectivity index (χ3v) is 2.71. The van der Waals surface area contributed by atoms with Crippen molar-refractivity contribution >= 4 is 0 Å². The van der Waals surface area contributed by atoms with Gasteiger partial charge < -0.3 is 22.5 Å². The zero-order valence-electron chi connectivity index (χ0n) is 11.4. The molecule has 2 aromatic rings. The van der Waals surface area contributed by atoms with E-state index >= 15 is 0 Å². The summed E-state index contributed by atoms with van der Waals surface area (Å²) in [5.41, 5.74) is 2.27. The summed E-state index contributed by atoms with van der Waals surface area (Å²) in [6.45, 7) is 1.49. The van der Waals surface area contributed by atoms with Gasteiger partial charge in [0.2, 0.25) is 0 Å². The highest BCUT2D eigenvalue weighted by molar-refractivity contribution is 5.33. The lowest BCUT2D eigenvalue weighted by molar-refractivity contribution is -0.00000413. The fraction of sp³-hybridized carbons (Fsp3) is 0.176. The first-order valence-corrected chi connectivity index (χ1v) is 6.26. The number of benzene rings is 2. The van der Waals surface area contributed by atoms with Crippen LogP contribution in [0.1, 0.15) is 11.1 Å². The minimum Gasteiger partial charge on any atom is -1.00 e. The van der Waals surface area contributed by atoms with Crippen LogP contribution in [0.2, 0.25) is 0 Å². The minimum absolute atomic E-state index is 0. The van der Waals surface area contributed by atoms with E-state index in [4.69, 9.17) is 4.74 Å². The molecule has 1 N–H and O–H groups in total. The molecular formula is C17H17ClNO-. The maximum Gasteiger partial charge on any atom is 0.118 e. The molecule has 0 saturated carbocycles. The average molecular weight is 287 g/mol. The van der Waals surface area contributed by atoms with Crippen LogP contribution in [0, 0.1) is 11.8 Å². The zero-order valence-corrected chi connectivity index (χ0v) is 12.2. The summed E-state index contributed by atoms with van der Waals surface area (Å²) in [7, 11) is 1.67. The molecule has 2 nitrogen and oxygen atoms in total. The molecule has 0 unspecified atom stereocenters. The fourth-order valence-electron chi connectivity index (χ4n) is 1.68. The van der Waals surface area contributed by atoms with E-state index in [1.807, 2.05) is 42.5 Å². The summed E-state index contributed by atoms with van der Waals surface area (Å²) in [6, 6.07) is 18.0. The third kappa shape index (κ3) is 5.36. The van der Waals surface area contributed by atoms with Crippen LogP contribution in [0.5, 0.6) is 5.75 Å². The molecule has 0 aliphatic carbocycles. The summed E-state index contributed by atoms with van der Waals surface area (Å²) >= 11 is 0. The van der Waals surface area contributed by atoms with Crippen LogP contribution in [-0.2, 0) is 6.54 Å². The quantitative estimate of drug-likeness (QED) is 0.623. The number of ether oxygens (including phenoxy) is 1. The summed E-state index contributed by atoms with van der Waals surface area (Å²) in [4.78, 5) is 0. The van der Waals surface area contributed by atoms with Crippen LogP contribution in [0.4, 0.5) is 0 Å². The Kier molecular flexibility index (Phi) is 7.27. The Morgan fingerprint density at radius 1 is 1.00 bits per heavy atom. The van der Waals surface area contributed by atoms with E-state index in [2.05, 4.69) is 29.3 Å². The van der Waals surface area contributed by atoms with E-state index in [0.717, 1.165) is 17.9 Å². The van der Waals surface area contributed by atoms with Crippen molar-refractivity contribution in [3.05, 3.63) is 65.7 Å². The number of methoxy groups -OCH3 is 1. The SMILES string of the molecule is COc1ccc(CNCC#Cc2ccccc2)cc1.[Cl-]. The van der Waals surface area contributed by atoms with Gasteiger partial charge in [-0.2, -0.15) is 0 Å². The van der Waals surface area contributed by atoms with Crippen LogP contribution in [0.25, 0.3) is 0 Å². The maximum absolute atomic E-state index is 5.12. The molecule has 0 fully saturated rings. The minimum atomic E-state index is 0. The molecule has 0 atom stereocenters. The lowest BCUT2D eigenvalue weighted by Crippen LogP contribution is -3.00. The van der Waals surface area contributed by atoms with E-state index in [0.29, 0.717) is 6.54 Å². The molecule has 0 aromatic heterocycles. The Morgan fingerprint density at radius 3 is 2.35 bits per heavy atom. The van der Waals surface area contributed by atoms with E-state index in [1.54, 1.807) is 7.11 Å². The average Bonchev–Trinajstić information content (AvgIpc) is 2.49. The van der Waals surface area contributed by atoms with Gasteiger partial charge in [0.05, 0.1) is 13.7 Å². The van der Waals surface area contributed by atoms with Gasteiger partial charge in [0.15, 0.2) is 0 Å². The van der Waals surface area contributed by atoms with Crippen LogP contribution < -0.4 is 22.5 Å². The topological polar surface area (TPSA) is 21.3 Å². The standard InChI is InChI=1S/C17H17NO.ClH/c1-19-17-11-9-16(10-12-17)14-18-13-5-8-15-6-3-2-4-7-15;/h2-4,6-7,9-12,18H,13-14H2,1H3;1H/p-1. The molecule has 20 heavy (non-hydrogen) atoms. The Bertz CT molecular complexity index is 555. The highest BCUT2D eigenvalue weighted by Crippen LogP contribution is 2.10. The van der Waals surface area contributed by atoms with Crippen LogP contribution in [0.3, 0.4) is 0 Å². The number of halogens is 1. The number of hydrogen-bond acceptors (Lipinski definition) is 2. The Balaban J connectivity index is 0.00000200. The monoisotopic (exact) mass is 286 g/mol. The van der Waals surface area contributed by atoms with Gasteiger partial charge in [-0.1, -0.05) is 42.2 Å². The number of rotatable bonds is 4. The second kappa shape index (κ2) is 9.03. The van der Waals surface area contributed by atoms with Gasteiger partial charge in [-0.25, -0.2) is 0 Å². The fourth-order valence-corrected chi connectivity index (χ4v) is 1.68. The molecule has 0 radical (unpaired) electrons. The van der Waals surface area contributed by atoms with Crippen molar-refractivity contribution < 1.29 is 17.1 Å². The zero-order chi connectivity index (χ0) is 13.3. The number of hydrogen-bond donors (Lipinski definition) is 1. The van der Waals surface area contributed by atoms with Gasteiger partial charge >= 0.3 is 0 Å². The third-order valence-electron chi connectivity index (χ3n) is 2.71. The predicted octanol–water partition coefficient (Wildman–Crippen LogP) is -0.159. The molecule has 104 valence electrons. The van der Waals surface area contributed by atoms with E-state index in [9.17, 15) is 0 Å². The first-order valence-electron chi connectivity index (χ1n) is 6.26. The van der Waals surface area contributed by atoms with E-state index < -0.39 is 0 Å². The highest BCUT2D eigenvalue weighted by atomic mass is 35.5. The van der Waals surface area contributed by atoms with Crippen LogP contribution in [0.15, 0.2) is 54.6 Å². The van der Waals surface area contributed by atoms with Crippen LogP contribution >= 0.6 is 0 Å².